The molecule has 1 fully saturated rings. The first kappa shape index (κ1) is 30.2. The van der Waals surface area contributed by atoms with E-state index in [4.69, 9.17) is 58.0 Å². The zero-order chi connectivity index (χ0) is 29.6. The smallest absolute Gasteiger partial charge is 0.326 e. The second-order valence-electron chi connectivity index (χ2n) is 8.58. The third kappa shape index (κ3) is 6.42. The van der Waals surface area contributed by atoms with Gasteiger partial charge >= 0.3 is 12.1 Å². The van der Waals surface area contributed by atoms with Gasteiger partial charge in [-0.1, -0.05) is 40.9 Å². The van der Waals surface area contributed by atoms with E-state index in [1.807, 2.05) is 0 Å². The molecule has 3 aromatic rings. The lowest BCUT2D eigenvalue weighted by Crippen LogP contribution is -2.30. The van der Waals surface area contributed by atoms with Gasteiger partial charge in [0, 0.05) is 11.6 Å². The number of rotatable bonds is 6. The van der Waals surface area contributed by atoms with Crippen molar-refractivity contribution in [2.24, 2.45) is 5.92 Å². The number of amides is 3. The Morgan fingerprint density at radius 2 is 1.45 bits per heavy atom. The predicted molar refractivity (Wildman–Crippen MR) is 146 cm³/mol. The van der Waals surface area contributed by atoms with Gasteiger partial charge in [0.05, 0.1) is 37.9 Å². The van der Waals surface area contributed by atoms with Gasteiger partial charge < -0.3 is 16.0 Å². The average molecular weight is 658 g/mol. The molecule has 0 aliphatic heterocycles. The summed E-state index contributed by atoms with van der Waals surface area (Å²) in [4.78, 5) is 37.3. The zero-order valence-electron chi connectivity index (χ0n) is 19.5. The van der Waals surface area contributed by atoms with Crippen LogP contribution in [0.4, 0.5) is 34.6 Å². The van der Waals surface area contributed by atoms with Crippen LogP contribution in [0.5, 0.6) is 0 Å². The number of hydrogen-bond donors (Lipinski definition) is 3. The number of nitrogens with one attached hydrogen (secondary N) is 3. The first-order valence-corrected chi connectivity index (χ1v) is 12.9. The van der Waals surface area contributed by atoms with Gasteiger partial charge in [-0.25, -0.2) is 4.39 Å². The maximum atomic E-state index is 13.7. The molecule has 1 saturated carbocycles. The van der Waals surface area contributed by atoms with Crippen molar-refractivity contribution in [2.45, 2.75) is 16.4 Å². The van der Waals surface area contributed by atoms with Gasteiger partial charge in [-0.05, 0) is 54.1 Å². The van der Waals surface area contributed by atoms with Crippen LogP contribution in [0.25, 0.3) is 0 Å². The van der Waals surface area contributed by atoms with Crippen LogP contribution in [0.2, 0.25) is 15.1 Å². The van der Waals surface area contributed by atoms with Crippen molar-refractivity contribution in [3.63, 3.8) is 0 Å². The number of carbonyl (C=O) groups is 3. The van der Waals surface area contributed by atoms with E-state index < -0.39 is 51.6 Å². The Labute approximate surface area is 248 Å². The number of halogens is 9. The lowest BCUT2D eigenvalue weighted by molar-refractivity contribution is -0.167. The van der Waals surface area contributed by atoms with Crippen LogP contribution in [0, 0.1) is 11.7 Å². The summed E-state index contributed by atoms with van der Waals surface area (Å²) < 4.78 is 50.3. The minimum Gasteiger partial charge on any atom is -0.326 e. The summed E-state index contributed by atoms with van der Waals surface area (Å²) in [6, 6.07) is 11.0. The number of carbonyl (C=O) groups excluding carboxylic acids is 3. The lowest BCUT2D eigenvalue weighted by Gasteiger charge is -2.15. The standard InChI is InChI=1S/C25H14Cl5F4N3O3/c26-14-5-3-12(35-22(39)20-19(24(20,29)30)10-1-4-15(27)16(28)7-10)9-13(14)21(38)36-17-6-2-11(31)8-18(17)37-23(40)25(32,33)34/h1-9,19-20H,(H,35,39)(H,36,38)(H,37,40)/t19-,20+/m0/s1. The van der Waals surface area contributed by atoms with Gasteiger partial charge in [-0.15, -0.1) is 23.2 Å². The normalized spacial score (nSPS) is 17.6. The van der Waals surface area contributed by atoms with Gasteiger partial charge in [0.2, 0.25) is 5.91 Å². The average Bonchev–Trinajstić information content (AvgIpc) is 3.44. The molecule has 0 spiro atoms. The molecule has 4 rings (SSSR count). The molecule has 3 amide bonds. The van der Waals surface area contributed by atoms with Crippen LogP contribution in [0.3, 0.4) is 0 Å². The van der Waals surface area contributed by atoms with E-state index in [-0.39, 0.29) is 27.0 Å². The Morgan fingerprint density at radius 1 is 0.775 bits per heavy atom. The van der Waals surface area contributed by atoms with Crippen molar-refractivity contribution in [3.8, 4) is 0 Å². The fourth-order valence-corrected chi connectivity index (χ4v) is 5.22. The minimum absolute atomic E-state index is 0.0809. The molecule has 0 unspecified atom stereocenters. The molecule has 0 heterocycles. The monoisotopic (exact) mass is 655 g/mol. The van der Waals surface area contributed by atoms with E-state index in [0.717, 1.165) is 12.1 Å². The highest BCUT2D eigenvalue weighted by Crippen LogP contribution is 2.65. The summed E-state index contributed by atoms with van der Waals surface area (Å²) in [6.45, 7) is 0. The third-order valence-corrected chi connectivity index (χ3v) is 7.86. The molecule has 0 saturated heterocycles. The van der Waals surface area contributed by atoms with Crippen LogP contribution in [0.15, 0.2) is 54.6 Å². The molecular formula is C25H14Cl5F4N3O3. The van der Waals surface area contributed by atoms with Crippen molar-refractivity contribution < 1.29 is 31.9 Å². The Kier molecular flexibility index (Phi) is 8.50. The summed E-state index contributed by atoms with van der Waals surface area (Å²) in [5.74, 6) is -6.34. The second-order valence-corrected chi connectivity index (χ2v) is 11.2. The summed E-state index contributed by atoms with van der Waals surface area (Å²) in [5, 5.41) is 6.85. The highest BCUT2D eigenvalue weighted by molar-refractivity contribution is 6.53. The van der Waals surface area contributed by atoms with E-state index in [1.54, 1.807) is 18.2 Å². The molecule has 3 aromatic carbocycles. The Hall–Kier alpha value is -2.76. The molecule has 15 heteroatoms. The first-order valence-electron chi connectivity index (χ1n) is 11.0. The number of alkyl halides is 5. The fourth-order valence-electron chi connectivity index (χ4n) is 3.88. The molecule has 40 heavy (non-hydrogen) atoms. The number of anilines is 3. The molecule has 0 aromatic heterocycles. The lowest BCUT2D eigenvalue weighted by atomic mass is 10.1. The first-order chi connectivity index (χ1) is 18.6. The summed E-state index contributed by atoms with van der Waals surface area (Å²) >= 11 is 30.9. The minimum atomic E-state index is -5.26. The van der Waals surface area contributed by atoms with Gasteiger partial charge in [-0.2, -0.15) is 13.2 Å². The molecule has 1 aliphatic carbocycles. The molecule has 6 nitrogen and oxygen atoms in total. The SMILES string of the molecule is O=C(Nc1ccc(F)cc1NC(=O)C(F)(F)F)c1cc(NC(=O)[C@H]2[C@H](c3ccc(Cl)c(Cl)c3)C2(Cl)Cl)ccc1Cl. The molecule has 3 N–H and O–H groups in total. The zero-order valence-corrected chi connectivity index (χ0v) is 23.3. The third-order valence-electron chi connectivity index (χ3n) is 5.85. The predicted octanol–water partition coefficient (Wildman–Crippen LogP) is 8.07. The molecule has 1 aliphatic rings. The number of hydrogen-bond acceptors (Lipinski definition) is 3. The van der Waals surface area contributed by atoms with Crippen LogP contribution in [-0.2, 0) is 9.59 Å². The quantitative estimate of drug-likeness (QED) is 0.185. The molecule has 2 atom stereocenters. The van der Waals surface area contributed by atoms with E-state index >= 15 is 0 Å². The Bertz CT molecular complexity index is 1530. The van der Waals surface area contributed by atoms with Crippen molar-refractivity contribution in [1.29, 1.82) is 0 Å². The van der Waals surface area contributed by atoms with Gasteiger partial charge in [-0.3, -0.25) is 14.4 Å². The van der Waals surface area contributed by atoms with Crippen LogP contribution in [0.1, 0.15) is 21.8 Å². The largest absolute Gasteiger partial charge is 0.471 e. The van der Waals surface area contributed by atoms with Crippen LogP contribution < -0.4 is 16.0 Å². The molecule has 0 bridgehead atoms. The van der Waals surface area contributed by atoms with E-state index in [1.165, 1.54) is 23.5 Å². The summed E-state index contributed by atoms with van der Waals surface area (Å²) in [7, 11) is 0. The Morgan fingerprint density at radius 3 is 2.10 bits per heavy atom. The topological polar surface area (TPSA) is 87.3 Å². The molecule has 210 valence electrons. The summed E-state index contributed by atoms with van der Waals surface area (Å²) in [6.07, 6.45) is -5.26. The van der Waals surface area contributed by atoms with E-state index in [2.05, 4.69) is 10.6 Å². The van der Waals surface area contributed by atoms with Crippen LogP contribution in [-0.4, -0.2) is 28.2 Å². The van der Waals surface area contributed by atoms with E-state index in [0.29, 0.717) is 16.7 Å². The van der Waals surface area contributed by atoms with Crippen LogP contribution >= 0.6 is 58.0 Å². The maximum Gasteiger partial charge on any atom is 0.471 e. The number of benzene rings is 3. The van der Waals surface area contributed by atoms with Gasteiger partial charge in [0.1, 0.15) is 10.2 Å². The van der Waals surface area contributed by atoms with Crippen molar-refractivity contribution in [1.82, 2.24) is 0 Å². The highest BCUT2D eigenvalue weighted by Gasteiger charge is 2.67. The van der Waals surface area contributed by atoms with Gasteiger partial charge in [0.15, 0.2) is 0 Å². The molecule has 0 radical (unpaired) electrons. The maximum absolute atomic E-state index is 13.7. The van der Waals surface area contributed by atoms with E-state index in [9.17, 15) is 31.9 Å². The van der Waals surface area contributed by atoms with Crippen molar-refractivity contribution in [2.75, 3.05) is 16.0 Å². The Balaban J connectivity index is 1.52. The fraction of sp³-hybridized carbons (Fsp3) is 0.160. The van der Waals surface area contributed by atoms with Crippen molar-refractivity contribution >= 4 is 92.8 Å². The molecular weight excluding hydrogens is 644 g/mol. The summed E-state index contributed by atoms with van der Waals surface area (Å²) in [5.41, 5.74) is -0.474. The highest BCUT2D eigenvalue weighted by atomic mass is 35.5. The van der Waals surface area contributed by atoms with Gasteiger partial charge in [0.25, 0.3) is 5.91 Å². The van der Waals surface area contributed by atoms with Crippen molar-refractivity contribution in [3.05, 3.63) is 86.6 Å². The second kappa shape index (κ2) is 11.3.